The number of benzene rings is 2. The van der Waals surface area contributed by atoms with Gasteiger partial charge in [-0.05, 0) is 37.5 Å². The van der Waals surface area contributed by atoms with E-state index in [1.807, 2.05) is 32.9 Å². The van der Waals surface area contributed by atoms with Crippen LogP contribution in [0.15, 0.2) is 56.5 Å². The molecule has 0 atom stereocenters. The van der Waals surface area contributed by atoms with Crippen LogP contribution in [-0.2, 0) is 17.9 Å². The Bertz CT molecular complexity index is 1430. The first-order chi connectivity index (χ1) is 14.9. The number of carbonyl (C=O) groups excluding carboxylic acids is 1. The number of esters is 1. The first-order valence-electron chi connectivity index (χ1n) is 10.1. The summed E-state index contributed by atoms with van der Waals surface area (Å²) in [7, 11) is 0. The van der Waals surface area contributed by atoms with E-state index < -0.39 is 11.6 Å². The van der Waals surface area contributed by atoms with Gasteiger partial charge in [0.15, 0.2) is 5.69 Å². The lowest BCUT2D eigenvalue weighted by Gasteiger charge is -2.12. The first-order valence-corrected chi connectivity index (χ1v) is 10.1. The molecular weight excluding hydrogens is 396 g/mol. The molecule has 4 aromatic rings. The predicted octanol–water partition coefficient (Wildman–Crippen LogP) is 3.89. The highest BCUT2D eigenvalue weighted by atomic mass is 16.5. The van der Waals surface area contributed by atoms with Crippen molar-refractivity contribution in [2.75, 3.05) is 0 Å². The van der Waals surface area contributed by atoms with Gasteiger partial charge in [-0.2, -0.15) is 5.10 Å². The van der Waals surface area contributed by atoms with E-state index in [-0.39, 0.29) is 17.9 Å². The lowest BCUT2D eigenvalue weighted by atomic mass is 10.0. The van der Waals surface area contributed by atoms with Gasteiger partial charge >= 0.3 is 11.6 Å². The highest BCUT2D eigenvalue weighted by Crippen LogP contribution is 2.24. The fourth-order valence-electron chi connectivity index (χ4n) is 3.60. The number of aromatic nitrogens is 2. The van der Waals surface area contributed by atoms with Crippen molar-refractivity contribution in [1.82, 2.24) is 9.78 Å². The minimum atomic E-state index is -0.661. The van der Waals surface area contributed by atoms with Crippen LogP contribution in [0.25, 0.3) is 21.7 Å². The number of carbonyl (C=O) groups is 1. The monoisotopic (exact) mass is 418 g/mol. The minimum Gasteiger partial charge on any atom is -0.456 e. The first kappa shape index (κ1) is 20.5. The van der Waals surface area contributed by atoms with Crippen LogP contribution in [0.5, 0.6) is 0 Å². The number of fused-ring (bicyclic) bond motifs is 2. The molecule has 0 fully saturated rings. The van der Waals surface area contributed by atoms with Crippen molar-refractivity contribution < 1.29 is 13.9 Å². The Hall–Kier alpha value is -3.74. The maximum atomic E-state index is 12.9. The number of ether oxygens (including phenoxy) is 1. The summed E-state index contributed by atoms with van der Waals surface area (Å²) in [5.41, 5.74) is 2.22. The number of nitrogens with zero attached hydrogens (tertiary/aromatic N) is 2. The molecule has 0 N–H and O–H groups in total. The lowest BCUT2D eigenvalue weighted by Crippen LogP contribution is -2.26. The quantitative estimate of drug-likeness (QED) is 0.361. The summed E-state index contributed by atoms with van der Waals surface area (Å²) in [5, 5.41) is 5.82. The average Bonchev–Trinajstić information content (AvgIpc) is 2.76. The van der Waals surface area contributed by atoms with Gasteiger partial charge in [-0.15, -0.1) is 0 Å². The van der Waals surface area contributed by atoms with E-state index in [0.717, 1.165) is 11.1 Å². The number of hydrogen-bond acceptors (Lipinski definition) is 6. The Morgan fingerprint density at radius 3 is 2.55 bits per heavy atom. The van der Waals surface area contributed by atoms with Crippen LogP contribution in [0.4, 0.5) is 0 Å². The molecule has 0 saturated heterocycles. The van der Waals surface area contributed by atoms with Crippen molar-refractivity contribution >= 4 is 27.7 Å². The average molecular weight is 418 g/mol. The van der Waals surface area contributed by atoms with E-state index in [1.54, 1.807) is 24.3 Å². The molecular formula is C24H22N2O5. The van der Waals surface area contributed by atoms with Gasteiger partial charge in [-0.3, -0.25) is 4.79 Å². The van der Waals surface area contributed by atoms with Gasteiger partial charge in [0.05, 0.1) is 5.39 Å². The Labute approximate surface area is 177 Å². The van der Waals surface area contributed by atoms with Crippen LogP contribution in [0.2, 0.25) is 0 Å². The van der Waals surface area contributed by atoms with Gasteiger partial charge in [0.25, 0.3) is 5.56 Å². The van der Waals surface area contributed by atoms with Crippen molar-refractivity contribution in [1.29, 1.82) is 0 Å². The second-order valence-corrected chi connectivity index (χ2v) is 7.47. The third-order valence-electron chi connectivity index (χ3n) is 5.37. The predicted molar refractivity (Wildman–Crippen MR) is 117 cm³/mol. The number of hydrogen-bond donors (Lipinski definition) is 0. The molecule has 0 unspecified atom stereocenters. The molecule has 4 rings (SSSR count). The molecule has 0 saturated carbocycles. The van der Waals surface area contributed by atoms with Gasteiger partial charge in [-0.1, -0.05) is 37.3 Å². The summed E-state index contributed by atoms with van der Waals surface area (Å²) in [6.45, 7) is 6.02. The second kappa shape index (κ2) is 8.18. The summed E-state index contributed by atoms with van der Waals surface area (Å²) in [6, 6.07) is 11.9. The van der Waals surface area contributed by atoms with E-state index >= 15 is 0 Å². The molecule has 7 nitrogen and oxygen atoms in total. The van der Waals surface area contributed by atoms with E-state index in [0.29, 0.717) is 40.3 Å². The summed E-state index contributed by atoms with van der Waals surface area (Å²) < 4.78 is 12.2. The molecule has 7 heteroatoms. The minimum absolute atomic E-state index is 0.0722. The fourth-order valence-corrected chi connectivity index (χ4v) is 3.60. The van der Waals surface area contributed by atoms with Crippen molar-refractivity contribution in [3.63, 3.8) is 0 Å². The lowest BCUT2D eigenvalue weighted by molar-refractivity contribution is 0.0466. The molecule has 0 aliphatic rings. The zero-order valence-electron chi connectivity index (χ0n) is 17.6. The number of rotatable bonds is 5. The van der Waals surface area contributed by atoms with Crippen LogP contribution < -0.4 is 11.2 Å². The van der Waals surface area contributed by atoms with Gasteiger partial charge in [0, 0.05) is 28.9 Å². The molecule has 2 heterocycles. The molecule has 158 valence electrons. The third-order valence-corrected chi connectivity index (χ3v) is 5.37. The zero-order chi connectivity index (χ0) is 22.1. The zero-order valence-corrected chi connectivity index (χ0v) is 17.6. The van der Waals surface area contributed by atoms with Gasteiger partial charge < -0.3 is 9.15 Å². The summed E-state index contributed by atoms with van der Waals surface area (Å²) >= 11 is 0. The van der Waals surface area contributed by atoms with E-state index in [2.05, 4.69) is 5.10 Å². The van der Waals surface area contributed by atoms with E-state index in [9.17, 15) is 14.4 Å². The Balaban J connectivity index is 1.73. The molecule has 2 aromatic heterocycles. The normalized spacial score (nSPS) is 11.2. The molecule has 0 radical (unpaired) electrons. The molecule has 31 heavy (non-hydrogen) atoms. The fraction of sp³-hybridized carbons (Fsp3) is 0.250. The summed E-state index contributed by atoms with van der Waals surface area (Å²) in [6.07, 6.45) is 0.699. The van der Waals surface area contributed by atoms with Crippen LogP contribution >= 0.6 is 0 Å². The van der Waals surface area contributed by atoms with Crippen molar-refractivity contribution in [2.45, 2.75) is 40.3 Å². The topological polar surface area (TPSA) is 91.4 Å². The highest BCUT2D eigenvalue weighted by molar-refractivity contribution is 6.02. The van der Waals surface area contributed by atoms with Crippen molar-refractivity contribution in [3.05, 3.63) is 85.6 Å². The van der Waals surface area contributed by atoms with Crippen molar-refractivity contribution in [3.8, 4) is 0 Å². The molecule has 0 aliphatic heterocycles. The van der Waals surface area contributed by atoms with Gasteiger partial charge in [0.1, 0.15) is 12.2 Å². The standard InChI is InChI=1S/C24H22N2O5/c1-4-11-26-23(28)19-8-6-5-7-18(19)21(25-26)24(29)30-13-16-12-20(27)31-22-15(3)14(2)9-10-17(16)22/h5-10,12H,4,11,13H2,1-3H3. The maximum Gasteiger partial charge on any atom is 0.359 e. The molecule has 0 amide bonds. The SMILES string of the molecule is CCCn1nc(C(=O)OCc2cc(=O)oc3c(C)c(C)ccc23)c2ccccc2c1=O. The van der Waals surface area contributed by atoms with Gasteiger partial charge in [-0.25, -0.2) is 14.3 Å². The van der Waals surface area contributed by atoms with Gasteiger partial charge in [0.2, 0.25) is 0 Å². The molecule has 0 bridgehead atoms. The van der Waals surface area contributed by atoms with Crippen LogP contribution in [-0.4, -0.2) is 15.7 Å². The summed E-state index contributed by atoms with van der Waals surface area (Å²) in [5.74, 6) is -0.661. The van der Waals surface area contributed by atoms with E-state index in [1.165, 1.54) is 10.7 Å². The van der Waals surface area contributed by atoms with Crippen LogP contribution in [0, 0.1) is 13.8 Å². The molecule has 0 aliphatic carbocycles. The van der Waals surface area contributed by atoms with Crippen molar-refractivity contribution in [2.24, 2.45) is 0 Å². The Morgan fingerprint density at radius 1 is 1.06 bits per heavy atom. The molecule has 2 aromatic carbocycles. The summed E-state index contributed by atoms with van der Waals surface area (Å²) in [4.78, 5) is 37.6. The maximum absolute atomic E-state index is 12.9. The largest absolute Gasteiger partial charge is 0.456 e. The van der Waals surface area contributed by atoms with E-state index in [4.69, 9.17) is 9.15 Å². The number of aryl methyl sites for hydroxylation is 3. The Kier molecular flexibility index (Phi) is 5.42. The second-order valence-electron chi connectivity index (χ2n) is 7.47. The third kappa shape index (κ3) is 3.74. The Morgan fingerprint density at radius 2 is 1.81 bits per heavy atom. The smallest absolute Gasteiger partial charge is 0.359 e. The van der Waals surface area contributed by atoms with Crippen LogP contribution in [0.3, 0.4) is 0 Å². The molecule has 0 spiro atoms. The van der Waals surface area contributed by atoms with Crippen LogP contribution in [0.1, 0.15) is 40.5 Å². The highest BCUT2D eigenvalue weighted by Gasteiger charge is 2.19.